The van der Waals surface area contributed by atoms with Crippen LogP contribution in [0.3, 0.4) is 0 Å². The number of hydrogen-bond acceptors (Lipinski definition) is 5. The minimum absolute atomic E-state index is 0.00843. The summed E-state index contributed by atoms with van der Waals surface area (Å²) in [5.74, 6) is -0.482. The fraction of sp³-hybridized carbons (Fsp3) is 0.520. The third-order valence-electron chi connectivity index (χ3n) is 4.61. The lowest BCUT2D eigenvalue weighted by Crippen LogP contribution is -2.22. The van der Waals surface area contributed by atoms with Gasteiger partial charge in [-0.25, -0.2) is 0 Å². The van der Waals surface area contributed by atoms with Gasteiger partial charge in [-0.2, -0.15) is 0 Å². The molecule has 2 aromatic rings. The van der Waals surface area contributed by atoms with Crippen molar-refractivity contribution in [3.8, 4) is 5.75 Å². The van der Waals surface area contributed by atoms with Gasteiger partial charge < -0.3 is 25.4 Å². The number of nitrogens with one attached hydrogen (secondary N) is 1. The first-order valence-electron chi connectivity index (χ1n) is 13.8. The van der Waals surface area contributed by atoms with Crippen molar-refractivity contribution in [3.63, 3.8) is 0 Å². The Morgan fingerprint density at radius 1 is 0.967 bits per heavy atom. The Morgan fingerprint density at radius 3 is 2.47 bits per heavy atom. The first kappa shape index (κ1) is 15.8. The molecule has 1 unspecified atom stereocenters. The second-order valence-corrected chi connectivity index (χ2v) is 7.01. The van der Waals surface area contributed by atoms with Crippen LogP contribution in [0.15, 0.2) is 48.5 Å². The van der Waals surface area contributed by atoms with E-state index in [0.29, 0.717) is 38.6 Å². The molecule has 0 aliphatic heterocycles. The molecular formula is C25H37NO4. The van der Waals surface area contributed by atoms with Crippen LogP contribution in [0.25, 0.3) is 0 Å². The highest BCUT2D eigenvalue weighted by atomic mass is 16.5. The number of ether oxygens (including phenoxy) is 1. The van der Waals surface area contributed by atoms with E-state index < -0.39 is 37.1 Å². The van der Waals surface area contributed by atoms with Gasteiger partial charge in [-0.05, 0) is 61.9 Å². The molecule has 0 aliphatic carbocycles. The Hall–Kier alpha value is -1.92. The van der Waals surface area contributed by atoms with Gasteiger partial charge in [0.05, 0.1) is 22.2 Å². The second kappa shape index (κ2) is 15.0. The number of rotatable bonds is 16. The van der Waals surface area contributed by atoms with E-state index in [1.165, 1.54) is 6.07 Å². The molecule has 0 fully saturated rings. The normalized spacial score (nSPS) is 18.1. The molecule has 166 valence electrons. The number of aliphatic hydroxyl groups is 2. The Labute approximate surface area is 190 Å². The largest absolute Gasteiger partial charge is 0.508 e. The highest BCUT2D eigenvalue weighted by molar-refractivity contribution is 5.36. The van der Waals surface area contributed by atoms with Gasteiger partial charge in [0.25, 0.3) is 0 Å². The number of hydrogen-bond donors (Lipinski definition) is 4. The van der Waals surface area contributed by atoms with E-state index in [2.05, 4.69) is 5.32 Å². The monoisotopic (exact) mass is 422 g/mol. The molecule has 2 rings (SSSR count). The number of phenols is 1. The lowest BCUT2D eigenvalue weighted by molar-refractivity contribution is 0.126. The van der Waals surface area contributed by atoms with Gasteiger partial charge in [-0.1, -0.05) is 49.2 Å². The van der Waals surface area contributed by atoms with Crippen molar-refractivity contribution in [3.05, 3.63) is 65.2 Å². The smallest absolute Gasteiger partial charge is 0.121 e. The van der Waals surface area contributed by atoms with Crippen LogP contribution in [0.2, 0.25) is 0 Å². The van der Waals surface area contributed by atoms with Crippen LogP contribution in [-0.2, 0) is 17.7 Å². The zero-order valence-electron chi connectivity index (χ0n) is 24.2. The first-order chi connectivity index (χ1) is 17.1. The van der Waals surface area contributed by atoms with Gasteiger partial charge in [0, 0.05) is 25.2 Å². The molecule has 0 aliphatic rings. The number of aromatic hydroxyl groups is 1. The van der Waals surface area contributed by atoms with Gasteiger partial charge in [0.1, 0.15) is 5.75 Å². The molecular weight excluding hydrogens is 378 g/mol. The van der Waals surface area contributed by atoms with Crippen LogP contribution in [-0.4, -0.2) is 41.5 Å². The molecule has 5 nitrogen and oxygen atoms in total. The quantitative estimate of drug-likeness (QED) is 0.306. The summed E-state index contributed by atoms with van der Waals surface area (Å²) in [4.78, 5) is 0. The molecule has 0 spiro atoms. The van der Waals surface area contributed by atoms with Crippen molar-refractivity contribution in [2.24, 2.45) is 0 Å². The summed E-state index contributed by atoms with van der Waals surface area (Å²) in [7, 11) is 0. The van der Waals surface area contributed by atoms with Crippen LogP contribution < -0.4 is 5.32 Å². The van der Waals surface area contributed by atoms with Crippen molar-refractivity contribution in [1.29, 1.82) is 0 Å². The average molecular weight is 423 g/mol. The van der Waals surface area contributed by atoms with E-state index in [1.807, 2.05) is 30.3 Å². The predicted molar refractivity (Wildman–Crippen MR) is 121 cm³/mol. The zero-order valence-corrected chi connectivity index (χ0v) is 17.2. The minimum Gasteiger partial charge on any atom is -0.508 e. The third-order valence-corrected chi connectivity index (χ3v) is 4.61. The maximum atomic E-state index is 10.4. The van der Waals surface area contributed by atoms with E-state index in [9.17, 15) is 15.3 Å². The highest BCUT2D eigenvalue weighted by Gasteiger charge is 2.09. The summed E-state index contributed by atoms with van der Waals surface area (Å²) in [6.07, 6.45) is 0.947. The lowest BCUT2D eigenvalue weighted by atomic mass is 10.1. The Morgan fingerprint density at radius 2 is 1.70 bits per heavy atom. The highest BCUT2D eigenvalue weighted by Crippen LogP contribution is 2.22. The van der Waals surface area contributed by atoms with Crippen molar-refractivity contribution in [2.45, 2.75) is 57.6 Å². The fourth-order valence-electron chi connectivity index (χ4n) is 2.90. The van der Waals surface area contributed by atoms with Gasteiger partial charge >= 0.3 is 0 Å². The molecule has 0 amide bonds. The zero-order chi connectivity index (χ0) is 27.7. The summed E-state index contributed by atoms with van der Waals surface area (Å²) >= 11 is 0. The Balaban J connectivity index is 1.67. The molecule has 0 saturated carbocycles. The van der Waals surface area contributed by atoms with E-state index >= 15 is 0 Å². The summed E-state index contributed by atoms with van der Waals surface area (Å²) in [5.41, 5.74) is 0.668. The molecule has 0 saturated heterocycles. The lowest BCUT2D eigenvalue weighted by Gasteiger charge is -2.14. The maximum absolute atomic E-state index is 10.4. The molecule has 0 bridgehead atoms. The molecule has 5 heteroatoms. The molecule has 0 radical (unpaired) electrons. The topological polar surface area (TPSA) is 82.0 Å². The number of unbranched alkanes of at least 4 members (excludes halogenated alkanes) is 2. The van der Waals surface area contributed by atoms with Crippen molar-refractivity contribution in [1.82, 2.24) is 5.32 Å². The summed E-state index contributed by atoms with van der Waals surface area (Å²) < 4.78 is 60.0. The van der Waals surface area contributed by atoms with Crippen molar-refractivity contribution >= 4 is 0 Å². The van der Waals surface area contributed by atoms with E-state index in [0.717, 1.165) is 17.7 Å². The van der Waals surface area contributed by atoms with E-state index in [-0.39, 0.29) is 24.9 Å². The average Bonchev–Trinajstić information content (AvgIpc) is 2.77. The summed E-state index contributed by atoms with van der Waals surface area (Å²) in [6.45, 7) is -6.74. The predicted octanol–water partition coefficient (Wildman–Crippen LogP) is 4.11. The number of benzene rings is 2. The minimum atomic E-state index is -2.82. The van der Waals surface area contributed by atoms with Crippen LogP contribution in [0.5, 0.6) is 5.75 Å². The summed E-state index contributed by atoms with van der Waals surface area (Å²) in [6, 6.07) is 13.1. The summed E-state index contributed by atoms with van der Waals surface area (Å²) in [5, 5.41) is 32.6. The van der Waals surface area contributed by atoms with Crippen molar-refractivity contribution in [2.75, 3.05) is 26.2 Å². The second-order valence-electron chi connectivity index (χ2n) is 7.01. The van der Waals surface area contributed by atoms with Crippen LogP contribution in [0.1, 0.15) is 70.9 Å². The third kappa shape index (κ3) is 9.72. The van der Waals surface area contributed by atoms with Gasteiger partial charge in [-0.15, -0.1) is 0 Å². The molecule has 1 atom stereocenters. The fourth-order valence-corrected chi connectivity index (χ4v) is 2.90. The SMILES string of the molecule is [2H]C([2H])(CCCCCNCC([2H])(O)c1ccc(O)c(C([2H])([2H])O)c1)OC([2H])([2H])CCCc1ccccc1. The van der Waals surface area contributed by atoms with Gasteiger partial charge in [-0.3, -0.25) is 0 Å². The maximum Gasteiger partial charge on any atom is 0.121 e. The van der Waals surface area contributed by atoms with Crippen LogP contribution >= 0.6 is 0 Å². The standard InChI is InChI=1S/C25H37NO4/c27-20-23-18-22(13-14-24(23)28)25(29)19-26-15-7-1-2-8-16-30-17-9-6-12-21-10-4-3-5-11-21/h3-5,10-11,13-14,18,25-29H,1-2,6-9,12,15-17,19-20H2/i16D2,17D2,20D2,25D. The molecule has 0 aromatic heterocycles. The number of aryl methyl sites for hydroxylation is 1. The van der Waals surface area contributed by atoms with E-state index in [1.54, 1.807) is 0 Å². The Bertz CT molecular complexity index is 969. The molecule has 4 N–H and O–H groups in total. The van der Waals surface area contributed by atoms with Crippen molar-refractivity contribution < 1.29 is 29.7 Å². The van der Waals surface area contributed by atoms with Crippen LogP contribution in [0.4, 0.5) is 0 Å². The van der Waals surface area contributed by atoms with Gasteiger partial charge in [0.2, 0.25) is 0 Å². The van der Waals surface area contributed by atoms with Gasteiger partial charge in [0.15, 0.2) is 0 Å². The van der Waals surface area contributed by atoms with Crippen LogP contribution in [0, 0.1) is 0 Å². The molecule has 2 aromatic carbocycles. The first-order valence-corrected chi connectivity index (χ1v) is 10.3. The Kier molecular flexibility index (Phi) is 7.89. The molecule has 30 heavy (non-hydrogen) atoms. The molecule has 0 heterocycles. The van der Waals surface area contributed by atoms with E-state index in [4.69, 9.17) is 14.3 Å².